The van der Waals surface area contributed by atoms with E-state index in [-0.39, 0.29) is 43.3 Å². The van der Waals surface area contributed by atoms with Gasteiger partial charge >= 0.3 is 0 Å². The Morgan fingerprint density at radius 1 is 0.297 bits per heavy atom. The largest absolute Gasteiger partial charge is 0.490 e. The Bertz CT molecular complexity index is 2370. The first kappa shape index (κ1) is 40.0. The summed E-state index contributed by atoms with van der Waals surface area (Å²) in [4.78, 5) is 0. The highest BCUT2D eigenvalue weighted by Gasteiger charge is 2.79. The van der Waals surface area contributed by atoms with Gasteiger partial charge in [0.05, 0.1) is 0 Å². The molecular weight excluding hydrogens is 777 g/mol. The minimum atomic E-state index is -0.00213. The molecular formula is C62H62O2. The summed E-state index contributed by atoms with van der Waals surface area (Å²) in [6.07, 6.45) is 18.3. The highest BCUT2D eigenvalue weighted by Crippen LogP contribution is 2.85. The van der Waals surface area contributed by atoms with Crippen molar-refractivity contribution in [1.82, 2.24) is 0 Å². The van der Waals surface area contributed by atoms with Crippen LogP contribution in [-0.4, -0.2) is 13.2 Å². The third-order valence-corrected chi connectivity index (χ3v) is 18.5. The van der Waals surface area contributed by atoms with Crippen molar-refractivity contribution in [3.63, 3.8) is 0 Å². The summed E-state index contributed by atoms with van der Waals surface area (Å²) in [6.45, 7) is 8.90. The van der Waals surface area contributed by atoms with Crippen LogP contribution in [0.1, 0.15) is 110 Å². The fraction of sp³-hybridized carbons (Fsp3) is 0.355. The number of hydrogen-bond acceptors (Lipinski definition) is 2. The minimum absolute atomic E-state index is 0.00213. The molecule has 8 saturated carbocycles. The molecule has 14 rings (SSSR count). The van der Waals surface area contributed by atoms with E-state index >= 15 is 0 Å². The lowest BCUT2D eigenvalue weighted by Crippen LogP contribution is -2.75. The van der Waals surface area contributed by atoms with Crippen LogP contribution >= 0.6 is 0 Å². The molecule has 8 fully saturated rings. The second-order valence-corrected chi connectivity index (χ2v) is 22.1. The van der Waals surface area contributed by atoms with E-state index in [0.29, 0.717) is 13.2 Å². The summed E-state index contributed by atoms with van der Waals surface area (Å²) in [5, 5.41) is 0. The summed E-state index contributed by atoms with van der Waals surface area (Å²) in [5.74, 6) is 1.86. The van der Waals surface area contributed by atoms with Crippen LogP contribution in [0, 0.1) is 10.8 Å². The molecule has 322 valence electrons. The lowest BCUT2D eigenvalue weighted by Gasteiger charge is -2.81. The molecule has 4 unspecified atom stereocenters. The standard InChI is InChI=1S/C62H62O2/c1-3-33-63-53-29-25-51(26-30-53)59-37-55(47-17-9-5-10-18-47)35-56(38-59,48-19-11-6-12-20-48)42-61(41-55,45-59)62-43-57(49-21-13-7-14-22-49)36-58(44-62,50-23-15-8-16-24-50)40-60(39-57,46-62)52-27-31-54(32-28-52)64-34-4-2/h3-32H,1-2,33-46H2. The van der Waals surface area contributed by atoms with Gasteiger partial charge in [-0.25, -0.2) is 0 Å². The molecule has 0 aromatic heterocycles. The number of benzene rings is 6. The van der Waals surface area contributed by atoms with E-state index in [9.17, 15) is 0 Å². The maximum Gasteiger partial charge on any atom is 0.119 e. The van der Waals surface area contributed by atoms with Gasteiger partial charge in [-0.15, -0.1) is 0 Å². The summed E-state index contributed by atoms with van der Waals surface area (Å²) in [6, 6.07) is 66.5. The molecule has 0 N–H and O–H groups in total. The van der Waals surface area contributed by atoms with Gasteiger partial charge in [0, 0.05) is 0 Å². The summed E-state index contributed by atoms with van der Waals surface area (Å²) >= 11 is 0. The van der Waals surface area contributed by atoms with Crippen LogP contribution in [-0.2, 0) is 32.5 Å². The van der Waals surface area contributed by atoms with Gasteiger partial charge in [0.2, 0.25) is 0 Å². The Labute approximate surface area is 381 Å². The van der Waals surface area contributed by atoms with Gasteiger partial charge < -0.3 is 9.47 Å². The molecule has 6 aromatic rings. The Hall–Kier alpha value is -5.60. The number of rotatable bonds is 13. The molecule has 0 heterocycles. The molecule has 8 aliphatic carbocycles. The van der Waals surface area contributed by atoms with Gasteiger partial charge in [0.1, 0.15) is 24.7 Å². The fourth-order valence-corrected chi connectivity index (χ4v) is 17.5. The highest BCUT2D eigenvalue weighted by molar-refractivity contribution is 5.51. The van der Waals surface area contributed by atoms with E-state index in [1.165, 1.54) is 88.2 Å². The highest BCUT2D eigenvalue weighted by atomic mass is 16.5. The zero-order valence-corrected chi connectivity index (χ0v) is 37.5. The van der Waals surface area contributed by atoms with E-state index in [4.69, 9.17) is 9.47 Å². The zero-order valence-electron chi connectivity index (χ0n) is 37.5. The van der Waals surface area contributed by atoms with Gasteiger partial charge in [-0.3, -0.25) is 0 Å². The monoisotopic (exact) mass is 838 g/mol. The smallest absolute Gasteiger partial charge is 0.119 e. The molecule has 0 amide bonds. The molecule has 8 bridgehead atoms. The van der Waals surface area contributed by atoms with Gasteiger partial charge in [-0.1, -0.05) is 171 Å². The Balaban J connectivity index is 1.13. The van der Waals surface area contributed by atoms with Crippen molar-refractivity contribution in [1.29, 1.82) is 0 Å². The van der Waals surface area contributed by atoms with Crippen molar-refractivity contribution in [3.05, 3.63) is 229 Å². The number of hydrogen-bond donors (Lipinski definition) is 0. The lowest BCUT2D eigenvalue weighted by molar-refractivity contribution is -0.237. The van der Waals surface area contributed by atoms with Crippen LogP contribution in [0.5, 0.6) is 11.5 Å². The van der Waals surface area contributed by atoms with E-state index < -0.39 is 0 Å². The van der Waals surface area contributed by atoms with Gasteiger partial charge in [-0.05, 0) is 178 Å². The summed E-state index contributed by atoms with van der Waals surface area (Å²) in [5.41, 5.74) is 9.51. The van der Waals surface area contributed by atoms with Crippen molar-refractivity contribution in [2.24, 2.45) is 10.8 Å². The molecule has 6 aromatic carbocycles. The molecule has 2 nitrogen and oxygen atoms in total. The summed E-state index contributed by atoms with van der Waals surface area (Å²) < 4.78 is 12.3. The first-order valence-corrected chi connectivity index (χ1v) is 24.1. The van der Waals surface area contributed by atoms with Gasteiger partial charge in [0.15, 0.2) is 0 Å². The Morgan fingerprint density at radius 3 is 0.734 bits per heavy atom. The molecule has 0 aliphatic heterocycles. The zero-order chi connectivity index (χ0) is 43.1. The average Bonchev–Trinajstić information content (AvgIpc) is 3.33. The second kappa shape index (κ2) is 14.5. The van der Waals surface area contributed by atoms with Crippen molar-refractivity contribution < 1.29 is 9.47 Å². The minimum Gasteiger partial charge on any atom is -0.490 e. The number of ether oxygens (including phenoxy) is 2. The molecule has 0 radical (unpaired) electrons. The van der Waals surface area contributed by atoms with Crippen LogP contribution in [0.2, 0.25) is 0 Å². The molecule has 64 heavy (non-hydrogen) atoms. The van der Waals surface area contributed by atoms with E-state index in [1.807, 2.05) is 12.2 Å². The SMILES string of the molecule is C=CCOc1ccc(C23CC4(c5ccccc5)CC(c5ccccc5)(C2)CC(C25CC6(c7ccccc7)CC(c7ccccc7)(CC(c7ccc(OCC=C)cc7)(C6)C2)C5)(C4)C3)cc1. The fourth-order valence-electron chi connectivity index (χ4n) is 17.5. The van der Waals surface area contributed by atoms with Crippen molar-refractivity contribution in [3.8, 4) is 11.5 Å². The molecule has 0 saturated heterocycles. The first-order chi connectivity index (χ1) is 31.2. The van der Waals surface area contributed by atoms with Crippen LogP contribution in [0.4, 0.5) is 0 Å². The Kier molecular flexibility index (Phi) is 9.02. The normalized spacial score (nSPS) is 35.2. The molecule has 8 aliphatic rings. The summed E-state index contributed by atoms with van der Waals surface area (Å²) in [7, 11) is 0. The van der Waals surface area contributed by atoms with Crippen molar-refractivity contribution in [2.75, 3.05) is 13.2 Å². The lowest BCUT2D eigenvalue weighted by atomic mass is 9.23. The third kappa shape index (κ3) is 5.89. The van der Waals surface area contributed by atoms with Crippen molar-refractivity contribution >= 4 is 0 Å². The van der Waals surface area contributed by atoms with E-state index in [1.54, 1.807) is 22.3 Å². The van der Waals surface area contributed by atoms with Gasteiger partial charge in [-0.2, -0.15) is 0 Å². The van der Waals surface area contributed by atoms with Crippen LogP contribution in [0.3, 0.4) is 0 Å². The Morgan fingerprint density at radius 2 is 0.516 bits per heavy atom. The van der Waals surface area contributed by atoms with Crippen molar-refractivity contribution in [2.45, 2.75) is 110 Å². The molecule has 4 atom stereocenters. The van der Waals surface area contributed by atoms with Crippen LogP contribution in [0.25, 0.3) is 0 Å². The predicted molar refractivity (Wildman–Crippen MR) is 260 cm³/mol. The second-order valence-electron chi connectivity index (χ2n) is 22.1. The average molecular weight is 839 g/mol. The quantitative estimate of drug-likeness (QED) is 0.108. The topological polar surface area (TPSA) is 18.5 Å². The molecule has 2 heteroatoms. The third-order valence-electron chi connectivity index (χ3n) is 18.5. The van der Waals surface area contributed by atoms with E-state index in [2.05, 4.69) is 183 Å². The maximum atomic E-state index is 6.15. The predicted octanol–water partition coefficient (Wildman–Crippen LogP) is 14.5. The van der Waals surface area contributed by atoms with Crippen LogP contribution in [0.15, 0.2) is 195 Å². The molecule has 0 spiro atoms. The maximum absolute atomic E-state index is 6.15. The van der Waals surface area contributed by atoms with Gasteiger partial charge in [0.25, 0.3) is 0 Å². The first-order valence-electron chi connectivity index (χ1n) is 24.1. The van der Waals surface area contributed by atoms with Crippen LogP contribution < -0.4 is 9.47 Å². The van der Waals surface area contributed by atoms with E-state index in [0.717, 1.165) is 11.5 Å².